The Morgan fingerprint density at radius 1 is 1.32 bits per heavy atom. The molecular formula is C16H9ClF2N4OS. The van der Waals surface area contributed by atoms with Crippen molar-refractivity contribution < 1.29 is 13.2 Å². The van der Waals surface area contributed by atoms with Crippen molar-refractivity contribution >= 4 is 45.3 Å². The van der Waals surface area contributed by atoms with Crippen LogP contribution in [0.4, 0.5) is 14.5 Å². The van der Waals surface area contributed by atoms with Crippen LogP contribution in [0.25, 0.3) is 22.6 Å². The van der Waals surface area contributed by atoms with Gasteiger partial charge in [0.1, 0.15) is 5.52 Å². The SMILES string of the molecule is CSC(=Nc1ccc2oc(-c3cc(F)c(F)cc3Cl)nc2c1)NC#N. The summed E-state index contributed by atoms with van der Waals surface area (Å²) in [5.41, 5.74) is 1.61. The topological polar surface area (TPSA) is 74.2 Å². The van der Waals surface area contributed by atoms with Crippen LogP contribution < -0.4 is 5.32 Å². The van der Waals surface area contributed by atoms with E-state index in [0.29, 0.717) is 22.0 Å². The largest absolute Gasteiger partial charge is 0.436 e. The number of oxazole rings is 1. The average molecular weight is 379 g/mol. The monoisotopic (exact) mass is 378 g/mol. The molecule has 1 aromatic heterocycles. The molecule has 0 spiro atoms. The van der Waals surface area contributed by atoms with Crippen LogP contribution in [0, 0.1) is 23.1 Å². The van der Waals surface area contributed by atoms with E-state index in [1.54, 1.807) is 30.6 Å². The van der Waals surface area contributed by atoms with Gasteiger partial charge in [-0.3, -0.25) is 5.32 Å². The highest BCUT2D eigenvalue weighted by Crippen LogP contribution is 2.32. The summed E-state index contributed by atoms with van der Waals surface area (Å²) in [6, 6.07) is 6.77. The van der Waals surface area contributed by atoms with E-state index in [9.17, 15) is 8.78 Å². The van der Waals surface area contributed by atoms with Crippen molar-refractivity contribution in [2.75, 3.05) is 6.26 Å². The molecule has 0 atom stereocenters. The van der Waals surface area contributed by atoms with Gasteiger partial charge in [0.2, 0.25) is 5.89 Å². The van der Waals surface area contributed by atoms with Gasteiger partial charge >= 0.3 is 0 Å². The maximum absolute atomic E-state index is 13.5. The minimum absolute atomic E-state index is 0.00779. The highest BCUT2D eigenvalue weighted by molar-refractivity contribution is 8.13. The van der Waals surface area contributed by atoms with E-state index in [4.69, 9.17) is 21.3 Å². The summed E-state index contributed by atoms with van der Waals surface area (Å²) in [5.74, 6) is -2.02. The molecule has 3 aromatic rings. The number of hydrogen-bond donors (Lipinski definition) is 1. The van der Waals surface area contributed by atoms with Crippen LogP contribution in [0.1, 0.15) is 0 Å². The number of nitrogens with one attached hydrogen (secondary N) is 1. The summed E-state index contributed by atoms with van der Waals surface area (Å²) in [7, 11) is 0. The van der Waals surface area contributed by atoms with Crippen LogP contribution in [0.15, 0.2) is 39.7 Å². The maximum Gasteiger partial charge on any atom is 0.228 e. The van der Waals surface area contributed by atoms with Crippen LogP contribution in [-0.4, -0.2) is 16.4 Å². The maximum atomic E-state index is 13.5. The van der Waals surface area contributed by atoms with E-state index in [-0.39, 0.29) is 16.5 Å². The van der Waals surface area contributed by atoms with Gasteiger partial charge in [-0.05, 0) is 36.6 Å². The van der Waals surface area contributed by atoms with Crippen LogP contribution in [0.2, 0.25) is 5.02 Å². The molecule has 0 radical (unpaired) electrons. The number of aliphatic imine (C=N–C) groups is 1. The van der Waals surface area contributed by atoms with Crippen molar-refractivity contribution in [3.05, 3.63) is 47.0 Å². The molecule has 0 unspecified atom stereocenters. The fourth-order valence-corrected chi connectivity index (χ4v) is 2.65. The molecule has 9 heteroatoms. The van der Waals surface area contributed by atoms with Crippen molar-refractivity contribution in [3.8, 4) is 17.6 Å². The van der Waals surface area contributed by atoms with Crippen molar-refractivity contribution in [1.29, 1.82) is 5.26 Å². The van der Waals surface area contributed by atoms with Crippen molar-refractivity contribution in [2.24, 2.45) is 4.99 Å². The Kier molecular flexibility index (Phi) is 4.88. The quantitative estimate of drug-likeness (QED) is 0.227. The smallest absolute Gasteiger partial charge is 0.228 e. The predicted molar refractivity (Wildman–Crippen MR) is 93.7 cm³/mol. The zero-order chi connectivity index (χ0) is 18.0. The van der Waals surface area contributed by atoms with E-state index in [0.717, 1.165) is 12.1 Å². The van der Waals surface area contributed by atoms with Crippen molar-refractivity contribution in [1.82, 2.24) is 10.3 Å². The molecule has 126 valence electrons. The second-order valence-electron chi connectivity index (χ2n) is 4.78. The van der Waals surface area contributed by atoms with E-state index in [1.807, 2.05) is 0 Å². The summed E-state index contributed by atoms with van der Waals surface area (Å²) in [6.45, 7) is 0. The Bertz CT molecular complexity index is 1030. The Balaban J connectivity index is 2.04. The van der Waals surface area contributed by atoms with Crippen molar-refractivity contribution in [2.45, 2.75) is 0 Å². The molecular weight excluding hydrogens is 370 g/mol. The lowest BCUT2D eigenvalue weighted by Gasteiger charge is -2.00. The lowest BCUT2D eigenvalue weighted by molar-refractivity contribution is 0.508. The minimum Gasteiger partial charge on any atom is -0.436 e. The lowest BCUT2D eigenvalue weighted by atomic mass is 10.2. The second-order valence-corrected chi connectivity index (χ2v) is 5.98. The fraction of sp³-hybridized carbons (Fsp3) is 0.0625. The van der Waals surface area contributed by atoms with Gasteiger partial charge in [0, 0.05) is 0 Å². The lowest BCUT2D eigenvalue weighted by Crippen LogP contribution is -2.12. The van der Waals surface area contributed by atoms with E-state index >= 15 is 0 Å². The normalized spacial score (nSPS) is 11.6. The first kappa shape index (κ1) is 17.2. The van der Waals surface area contributed by atoms with Gasteiger partial charge in [-0.2, -0.15) is 5.26 Å². The third kappa shape index (κ3) is 3.57. The zero-order valence-electron chi connectivity index (χ0n) is 12.7. The van der Waals surface area contributed by atoms with Gasteiger partial charge in [-0.25, -0.2) is 18.8 Å². The summed E-state index contributed by atoms with van der Waals surface area (Å²) in [6.07, 6.45) is 3.58. The van der Waals surface area contributed by atoms with Gasteiger partial charge in [0.25, 0.3) is 0 Å². The van der Waals surface area contributed by atoms with E-state index in [1.165, 1.54) is 11.8 Å². The number of halogens is 3. The van der Waals surface area contributed by atoms with Gasteiger partial charge in [-0.1, -0.05) is 23.4 Å². The summed E-state index contributed by atoms with van der Waals surface area (Å²) in [5, 5.41) is 11.5. The third-order valence-corrected chi connectivity index (χ3v) is 4.09. The summed E-state index contributed by atoms with van der Waals surface area (Å²) in [4.78, 5) is 8.52. The average Bonchev–Trinajstić information content (AvgIpc) is 3.00. The highest BCUT2D eigenvalue weighted by atomic mass is 35.5. The molecule has 0 saturated heterocycles. The molecule has 25 heavy (non-hydrogen) atoms. The van der Waals surface area contributed by atoms with E-state index in [2.05, 4.69) is 15.3 Å². The van der Waals surface area contributed by atoms with Crippen LogP contribution in [0.5, 0.6) is 0 Å². The number of thioether (sulfide) groups is 1. The number of nitriles is 1. The third-order valence-electron chi connectivity index (χ3n) is 3.20. The summed E-state index contributed by atoms with van der Waals surface area (Å²) < 4.78 is 32.2. The Hall–Kier alpha value is -2.63. The van der Waals surface area contributed by atoms with Gasteiger partial charge in [-0.15, -0.1) is 0 Å². The first-order valence-corrected chi connectivity index (χ1v) is 8.45. The number of aromatic nitrogens is 1. The molecule has 0 aliphatic rings. The first-order valence-electron chi connectivity index (χ1n) is 6.85. The second kappa shape index (κ2) is 7.09. The molecule has 1 heterocycles. The minimum atomic E-state index is -1.05. The number of fused-ring (bicyclic) bond motifs is 1. The van der Waals surface area contributed by atoms with Crippen molar-refractivity contribution in [3.63, 3.8) is 0 Å². The predicted octanol–water partition coefficient (Wildman–Crippen LogP) is 4.85. The Morgan fingerprint density at radius 2 is 2.08 bits per heavy atom. The molecule has 3 rings (SSSR count). The van der Waals surface area contributed by atoms with Crippen LogP contribution in [0.3, 0.4) is 0 Å². The van der Waals surface area contributed by atoms with Gasteiger partial charge in [0.05, 0.1) is 16.3 Å². The number of hydrogen-bond acceptors (Lipinski definition) is 5. The fourth-order valence-electron chi connectivity index (χ4n) is 2.08. The molecule has 0 bridgehead atoms. The number of rotatable bonds is 2. The molecule has 0 saturated carbocycles. The first-order chi connectivity index (χ1) is 12.0. The number of nitrogens with zero attached hydrogens (tertiary/aromatic N) is 3. The van der Waals surface area contributed by atoms with E-state index < -0.39 is 11.6 Å². The molecule has 0 amide bonds. The molecule has 0 aliphatic heterocycles. The van der Waals surface area contributed by atoms with Crippen LogP contribution in [-0.2, 0) is 0 Å². The summed E-state index contributed by atoms with van der Waals surface area (Å²) >= 11 is 7.23. The zero-order valence-corrected chi connectivity index (χ0v) is 14.3. The molecule has 2 aromatic carbocycles. The van der Waals surface area contributed by atoms with Gasteiger partial charge < -0.3 is 4.42 Å². The van der Waals surface area contributed by atoms with Gasteiger partial charge in [0.15, 0.2) is 28.6 Å². The highest BCUT2D eigenvalue weighted by Gasteiger charge is 2.16. The Morgan fingerprint density at radius 3 is 2.80 bits per heavy atom. The molecule has 1 N–H and O–H groups in total. The Labute approximate surface area is 150 Å². The van der Waals surface area contributed by atoms with Crippen LogP contribution >= 0.6 is 23.4 Å². The standard InChI is InChI=1S/C16H9ClF2N4OS/c1-25-16(21-7-20)22-8-2-3-14-13(4-8)23-15(24-14)9-5-11(18)12(19)6-10(9)17/h2-6H,1H3,(H,21,22). The number of amidine groups is 1. The number of benzene rings is 2. The molecule has 0 fully saturated rings. The molecule has 5 nitrogen and oxygen atoms in total. The molecule has 0 aliphatic carbocycles.